The van der Waals surface area contributed by atoms with E-state index in [-0.39, 0.29) is 23.0 Å². The van der Waals surface area contributed by atoms with Crippen LogP contribution in [0.4, 0.5) is 0 Å². The molecule has 20 heavy (non-hydrogen) atoms. The van der Waals surface area contributed by atoms with E-state index in [4.69, 9.17) is 0 Å². The number of benzene rings is 1. The summed E-state index contributed by atoms with van der Waals surface area (Å²) >= 11 is 0. The van der Waals surface area contributed by atoms with Crippen molar-refractivity contribution < 1.29 is 13.5 Å². The molecule has 0 bridgehead atoms. The summed E-state index contributed by atoms with van der Waals surface area (Å²) in [4.78, 5) is 0.228. The quantitative estimate of drug-likeness (QED) is 0.929. The molecule has 0 radical (unpaired) electrons. The first-order valence-corrected chi connectivity index (χ1v) is 8.14. The predicted octanol–water partition coefficient (Wildman–Crippen LogP) is 2.54. The zero-order valence-corrected chi connectivity index (χ0v) is 14.0. The molecular formula is C15H25NO3S. The van der Waals surface area contributed by atoms with E-state index >= 15 is 0 Å². The van der Waals surface area contributed by atoms with Crippen LogP contribution in [0.1, 0.15) is 38.8 Å². The molecule has 0 aliphatic rings. The Kier molecular flexibility index (Phi) is 5.00. The van der Waals surface area contributed by atoms with E-state index in [0.29, 0.717) is 5.56 Å². The SMILES string of the molecule is Cc1ccc(S(=O)(=O)N(C)C(C)C(C)(C)C)cc1CO. The van der Waals surface area contributed by atoms with Gasteiger partial charge < -0.3 is 5.11 Å². The minimum absolute atomic E-state index is 0.133. The lowest BCUT2D eigenvalue weighted by molar-refractivity contribution is 0.216. The lowest BCUT2D eigenvalue weighted by Gasteiger charge is -2.34. The summed E-state index contributed by atoms with van der Waals surface area (Å²) in [5.74, 6) is 0. The summed E-state index contributed by atoms with van der Waals surface area (Å²) in [5, 5.41) is 9.28. The van der Waals surface area contributed by atoms with Gasteiger partial charge in [-0.2, -0.15) is 4.31 Å². The van der Waals surface area contributed by atoms with Gasteiger partial charge in [-0.25, -0.2) is 8.42 Å². The average Bonchev–Trinajstić information content (AvgIpc) is 2.36. The van der Waals surface area contributed by atoms with E-state index < -0.39 is 10.0 Å². The average molecular weight is 299 g/mol. The Labute approximate surface area is 122 Å². The zero-order valence-electron chi connectivity index (χ0n) is 13.1. The number of aliphatic hydroxyl groups excluding tert-OH is 1. The summed E-state index contributed by atoms with van der Waals surface area (Å²) < 4.78 is 26.7. The third-order valence-electron chi connectivity index (χ3n) is 3.97. The molecule has 0 spiro atoms. The van der Waals surface area contributed by atoms with Crippen molar-refractivity contribution >= 4 is 10.0 Å². The van der Waals surface area contributed by atoms with Crippen LogP contribution in [0.2, 0.25) is 0 Å². The predicted molar refractivity (Wildman–Crippen MR) is 81.0 cm³/mol. The molecule has 0 aliphatic heterocycles. The molecule has 114 valence electrons. The van der Waals surface area contributed by atoms with Gasteiger partial charge in [-0.1, -0.05) is 26.8 Å². The first-order valence-electron chi connectivity index (χ1n) is 6.70. The minimum atomic E-state index is -3.55. The molecule has 1 N–H and O–H groups in total. The van der Waals surface area contributed by atoms with Crippen LogP contribution < -0.4 is 0 Å². The number of rotatable bonds is 4. The van der Waals surface area contributed by atoms with Gasteiger partial charge in [0.1, 0.15) is 0 Å². The van der Waals surface area contributed by atoms with E-state index in [1.54, 1.807) is 25.2 Å². The van der Waals surface area contributed by atoms with Crippen LogP contribution in [0.3, 0.4) is 0 Å². The molecule has 1 aromatic carbocycles. The zero-order chi connectivity index (χ0) is 15.7. The third kappa shape index (κ3) is 3.40. The van der Waals surface area contributed by atoms with E-state index in [1.165, 1.54) is 4.31 Å². The molecule has 1 rings (SSSR count). The molecule has 0 aliphatic carbocycles. The van der Waals surface area contributed by atoms with Gasteiger partial charge in [-0.05, 0) is 42.5 Å². The topological polar surface area (TPSA) is 57.6 Å². The van der Waals surface area contributed by atoms with Crippen molar-refractivity contribution in [3.05, 3.63) is 29.3 Å². The minimum Gasteiger partial charge on any atom is -0.392 e. The Balaban J connectivity index is 3.23. The monoisotopic (exact) mass is 299 g/mol. The molecule has 0 fully saturated rings. The van der Waals surface area contributed by atoms with Gasteiger partial charge in [0.2, 0.25) is 10.0 Å². The van der Waals surface area contributed by atoms with Crippen LogP contribution in [0.5, 0.6) is 0 Å². The van der Waals surface area contributed by atoms with E-state index in [1.807, 2.05) is 34.6 Å². The highest BCUT2D eigenvalue weighted by Crippen LogP contribution is 2.28. The van der Waals surface area contributed by atoms with Gasteiger partial charge >= 0.3 is 0 Å². The van der Waals surface area contributed by atoms with Crippen LogP contribution in [0.25, 0.3) is 0 Å². The normalized spacial score (nSPS) is 14.6. The van der Waals surface area contributed by atoms with Gasteiger partial charge in [0.25, 0.3) is 0 Å². The summed E-state index contributed by atoms with van der Waals surface area (Å²) in [6.07, 6.45) is 0. The van der Waals surface area contributed by atoms with Crippen molar-refractivity contribution in [2.45, 2.75) is 52.2 Å². The maximum atomic E-state index is 12.6. The maximum Gasteiger partial charge on any atom is 0.243 e. The van der Waals surface area contributed by atoms with Crippen LogP contribution in [0, 0.1) is 12.3 Å². The highest BCUT2D eigenvalue weighted by atomic mass is 32.2. The highest BCUT2D eigenvalue weighted by molar-refractivity contribution is 7.89. The van der Waals surface area contributed by atoms with E-state index in [2.05, 4.69) is 0 Å². The number of sulfonamides is 1. The second-order valence-electron chi connectivity index (χ2n) is 6.31. The molecule has 1 atom stereocenters. The van der Waals surface area contributed by atoms with Crippen molar-refractivity contribution in [2.75, 3.05) is 7.05 Å². The molecule has 5 heteroatoms. The fourth-order valence-electron chi connectivity index (χ4n) is 1.90. The number of hydrogen-bond acceptors (Lipinski definition) is 3. The van der Waals surface area contributed by atoms with Crippen LogP contribution in [-0.2, 0) is 16.6 Å². The van der Waals surface area contributed by atoms with Crippen LogP contribution in [0.15, 0.2) is 23.1 Å². The van der Waals surface area contributed by atoms with Crippen molar-refractivity contribution in [2.24, 2.45) is 5.41 Å². The van der Waals surface area contributed by atoms with Crippen molar-refractivity contribution in [1.29, 1.82) is 0 Å². The Morgan fingerprint density at radius 1 is 1.30 bits per heavy atom. The second kappa shape index (κ2) is 5.84. The summed E-state index contributed by atoms with van der Waals surface area (Å²) in [7, 11) is -1.95. The first-order chi connectivity index (χ1) is 9.01. The molecular weight excluding hydrogens is 274 g/mol. The largest absolute Gasteiger partial charge is 0.392 e. The highest BCUT2D eigenvalue weighted by Gasteiger charge is 2.32. The van der Waals surface area contributed by atoms with Crippen molar-refractivity contribution in [3.63, 3.8) is 0 Å². The molecule has 1 aromatic rings. The van der Waals surface area contributed by atoms with Gasteiger partial charge in [-0.15, -0.1) is 0 Å². The van der Waals surface area contributed by atoms with E-state index in [0.717, 1.165) is 5.56 Å². The smallest absolute Gasteiger partial charge is 0.243 e. The number of aliphatic hydroxyl groups is 1. The molecule has 1 unspecified atom stereocenters. The van der Waals surface area contributed by atoms with E-state index in [9.17, 15) is 13.5 Å². The fourth-order valence-corrected chi connectivity index (χ4v) is 3.49. The number of nitrogens with zero attached hydrogens (tertiary/aromatic N) is 1. The van der Waals surface area contributed by atoms with Gasteiger partial charge in [0, 0.05) is 13.1 Å². The van der Waals surface area contributed by atoms with Gasteiger partial charge in [-0.3, -0.25) is 0 Å². The maximum absolute atomic E-state index is 12.6. The standard InChI is InChI=1S/C15H25NO3S/c1-11-7-8-14(9-13(11)10-17)20(18,19)16(6)12(2)15(3,4)5/h7-9,12,17H,10H2,1-6H3. The Bertz CT molecular complexity index is 573. The lowest BCUT2D eigenvalue weighted by Crippen LogP contribution is -2.42. The van der Waals surface area contributed by atoms with Crippen molar-refractivity contribution in [1.82, 2.24) is 4.31 Å². The van der Waals surface area contributed by atoms with Crippen molar-refractivity contribution in [3.8, 4) is 0 Å². The molecule has 4 nitrogen and oxygen atoms in total. The fraction of sp³-hybridized carbons (Fsp3) is 0.600. The molecule has 0 amide bonds. The molecule has 0 saturated heterocycles. The van der Waals surface area contributed by atoms with Gasteiger partial charge in [0.15, 0.2) is 0 Å². The summed E-state index contributed by atoms with van der Waals surface area (Å²) in [6, 6.07) is 4.74. The Hall–Kier alpha value is -0.910. The van der Waals surface area contributed by atoms with Gasteiger partial charge in [0.05, 0.1) is 11.5 Å². The first kappa shape index (κ1) is 17.1. The number of aryl methyl sites for hydroxylation is 1. The molecule has 0 saturated carbocycles. The molecule has 0 aromatic heterocycles. The van der Waals surface area contributed by atoms with Crippen LogP contribution >= 0.6 is 0 Å². The Morgan fingerprint density at radius 2 is 1.85 bits per heavy atom. The second-order valence-corrected chi connectivity index (χ2v) is 8.31. The number of hydrogen-bond donors (Lipinski definition) is 1. The summed E-state index contributed by atoms with van der Waals surface area (Å²) in [5.41, 5.74) is 1.38. The third-order valence-corrected chi connectivity index (χ3v) is 5.89. The Morgan fingerprint density at radius 3 is 2.30 bits per heavy atom. The lowest BCUT2D eigenvalue weighted by atomic mass is 9.88. The summed E-state index contributed by atoms with van der Waals surface area (Å²) in [6.45, 7) is 9.63. The van der Waals surface area contributed by atoms with Crippen LogP contribution in [-0.4, -0.2) is 30.9 Å². The molecule has 0 heterocycles.